The molecule has 2 aromatic heterocycles. The van der Waals surface area contributed by atoms with Gasteiger partial charge in [-0.15, -0.1) is 0 Å². The minimum absolute atomic E-state index is 0.0513. The van der Waals surface area contributed by atoms with E-state index in [1.807, 2.05) is 29.2 Å². The predicted molar refractivity (Wildman–Crippen MR) is 164 cm³/mol. The zero-order valence-electron chi connectivity index (χ0n) is 25.3. The van der Waals surface area contributed by atoms with Gasteiger partial charge in [0.05, 0.1) is 42.8 Å². The quantitative estimate of drug-likeness (QED) is 0.242. The lowest BCUT2D eigenvalue weighted by Crippen LogP contribution is -2.35. The maximum Gasteiger partial charge on any atom is 0.416 e. The van der Waals surface area contributed by atoms with Gasteiger partial charge in [-0.05, 0) is 56.3 Å². The number of hydrogen-bond acceptors (Lipinski definition) is 7. The van der Waals surface area contributed by atoms with Crippen LogP contribution in [-0.4, -0.2) is 71.8 Å². The van der Waals surface area contributed by atoms with Crippen molar-refractivity contribution in [2.45, 2.75) is 32.1 Å². The average Bonchev–Trinajstić information content (AvgIpc) is 3.65. The molecule has 45 heavy (non-hydrogen) atoms. The smallest absolute Gasteiger partial charge is 0.416 e. The summed E-state index contributed by atoms with van der Waals surface area (Å²) in [6.45, 7) is 5.26. The minimum Gasteiger partial charge on any atom is -0.494 e. The summed E-state index contributed by atoms with van der Waals surface area (Å²) in [7, 11) is 3.11. The van der Waals surface area contributed by atoms with Gasteiger partial charge in [-0.2, -0.15) is 13.2 Å². The van der Waals surface area contributed by atoms with E-state index < -0.39 is 17.6 Å². The first-order valence-electron chi connectivity index (χ1n) is 15.0. The first kappa shape index (κ1) is 30.9. The SMILES string of the molecule is COc1c(CN2CCOCC2)cc(C(F)(F)F)cc1NC(=O)c1cc2cccc(Oc3ccnc(CN4CCCC4)c3)c2n1C. The van der Waals surface area contributed by atoms with Crippen molar-refractivity contribution in [2.75, 3.05) is 51.8 Å². The highest BCUT2D eigenvalue weighted by Crippen LogP contribution is 2.39. The number of aryl methyl sites for hydroxylation is 1. The van der Waals surface area contributed by atoms with Gasteiger partial charge in [-0.25, -0.2) is 0 Å². The molecule has 0 unspecified atom stereocenters. The molecule has 2 fully saturated rings. The van der Waals surface area contributed by atoms with Crippen LogP contribution in [0.2, 0.25) is 0 Å². The summed E-state index contributed by atoms with van der Waals surface area (Å²) in [5.41, 5.74) is 1.25. The van der Waals surface area contributed by atoms with Crippen LogP contribution in [0, 0.1) is 0 Å². The van der Waals surface area contributed by atoms with Crippen molar-refractivity contribution in [1.29, 1.82) is 0 Å². The van der Waals surface area contributed by atoms with E-state index in [4.69, 9.17) is 14.2 Å². The van der Waals surface area contributed by atoms with E-state index in [1.54, 1.807) is 29.9 Å². The molecule has 9 nitrogen and oxygen atoms in total. The molecule has 12 heteroatoms. The lowest BCUT2D eigenvalue weighted by atomic mass is 10.1. The molecular formula is C33H36F3N5O4. The number of fused-ring (bicyclic) bond motifs is 1. The Balaban J connectivity index is 1.28. The molecule has 238 valence electrons. The summed E-state index contributed by atoms with van der Waals surface area (Å²) in [6, 6.07) is 12.9. The van der Waals surface area contributed by atoms with Crippen LogP contribution >= 0.6 is 0 Å². The second-order valence-corrected chi connectivity index (χ2v) is 11.4. The summed E-state index contributed by atoms with van der Waals surface area (Å²) in [5, 5.41) is 3.44. The molecule has 1 amide bonds. The molecule has 0 saturated carbocycles. The maximum absolute atomic E-state index is 14.0. The van der Waals surface area contributed by atoms with E-state index in [2.05, 4.69) is 15.2 Å². The van der Waals surface area contributed by atoms with Crippen LogP contribution in [0.15, 0.2) is 54.7 Å². The lowest BCUT2D eigenvalue weighted by Gasteiger charge is -2.28. The number of hydrogen-bond donors (Lipinski definition) is 1. The molecular weight excluding hydrogens is 587 g/mol. The van der Waals surface area contributed by atoms with Crippen LogP contribution in [0.5, 0.6) is 17.2 Å². The van der Waals surface area contributed by atoms with Crippen molar-refractivity contribution < 1.29 is 32.2 Å². The van der Waals surface area contributed by atoms with Gasteiger partial charge in [0.15, 0.2) is 5.75 Å². The number of morpholine rings is 1. The number of methoxy groups -OCH3 is 1. The van der Waals surface area contributed by atoms with Crippen molar-refractivity contribution in [3.05, 3.63) is 77.2 Å². The number of anilines is 1. The predicted octanol–water partition coefficient (Wildman–Crippen LogP) is 6.07. The Labute approximate surface area is 259 Å². The molecule has 2 aliphatic heterocycles. The van der Waals surface area contributed by atoms with Gasteiger partial charge in [-0.3, -0.25) is 19.6 Å². The van der Waals surface area contributed by atoms with Crippen LogP contribution in [0.1, 0.15) is 40.2 Å². The van der Waals surface area contributed by atoms with Crippen molar-refractivity contribution in [2.24, 2.45) is 7.05 Å². The zero-order valence-corrected chi connectivity index (χ0v) is 25.3. The Bertz CT molecular complexity index is 1680. The molecule has 0 radical (unpaired) electrons. The number of nitrogens with one attached hydrogen (secondary N) is 1. The number of alkyl halides is 3. The number of para-hydroxylation sites is 1. The van der Waals surface area contributed by atoms with Crippen LogP contribution in [-0.2, 0) is 31.1 Å². The number of likely N-dealkylation sites (tertiary alicyclic amines) is 1. The van der Waals surface area contributed by atoms with Gasteiger partial charge >= 0.3 is 6.18 Å². The van der Waals surface area contributed by atoms with E-state index in [0.717, 1.165) is 42.8 Å². The van der Waals surface area contributed by atoms with Gasteiger partial charge in [0.1, 0.15) is 17.2 Å². The van der Waals surface area contributed by atoms with Gasteiger partial charge in [0.25, 0.3) is 5.91 Å². The zero-order chi connectivity index (χ0) is 31.6. The van der Waals surface area contributed by atoms with Crippen molar-refractivity contribution in [3.63, 3.8) is 0 Å². The molecule has 0 spiro atoms. The van der Waals surface area contributed by atoms with Crippen LogP contribution in [0.25, 0.3) is 10.9 Å². The molecule has 4 heterocycles. The first-order chi connectivity index (χ1) is 21.7. The minimum atomic E-state index is -4.61. The van der Waals surface area contributed by atoms with Crippen molar-refractivity contribution in [3.8, 4) is 17.2 Å². The third-order valence-corrected chi connectivity index (χ3v) is 8.30. The Morgan fingerprint density at radius 3 is 2.49 bits per heavy atom. The van der Waals surface area contributed by atoms with Gasteiger partial charge < -0.3 is 24.1 Å². The van der Waals surface area contributed by atoms with Gasteiger partial charge in [0.2, 0.25) is 0 Å². The first-order valence-corrected chi connectivity index (χ1v) is 15.0. The third-order valence-electron chi connectivity index (χ3n) is 8.30. The molecule has 0 bridgehead atoms. The summed E-state index contributed by atoms with van der Waals surface area (Å²) < 4.78 is 60.8. The van der Waals surface area contributed by atoms with Crippen molar-refractivity contribution in [1.82, 2.24) is 19.4 Å². The number of carbonyl (C=O) groups excluding carboxylic acids is 1. The number of ether oxygens (including phenoxy) is 3. The van der Waals surface area contributed by atoms with E-state index >= 15 is 0 Å². The highest BCUT2D eigenvalue weighted by Gasteiger charge is 2.33. The fourth-order valence-electron chi connectivity index (χ4n) is 6.07. The molecule has 0 atom stereocenters. The topological polar surface area (TPSA) is 81.1 Å². The molecule has 1 N–H and O–H groups in total. The summed E-state index contributed by atoms with van der Waals surface area (Å²) in [4.78, 5) is 22.5. The van der Waals surface area contributed by atoms with Crippen LogP contribution < -0.4 is 14.8 Å². The van der Waals surface area contributed by atoms with Gasteiger partial charge in [-0.1, -0.05) is 12.1 Å². The monoisotopic (exact) mass is 623 g/mol. The second-order valence-electron chi connectivity index (χ2n) is 11.4. The van der Waals surface area contributed by atoms with E-state index in [9.17, 15) is 18.0 Å². The molecule has 0 aliphatic carbocycles. The number of nitrogens with zero attached hydrogens (tertiary/aromatic N) is 4. The Morgan fingerprint density at radius 1 is 1.00 bits per heavy atom. The molecule has 6 rings (SSSR count). The maximum atomic E-state index is 14.0. The fourth-order valence-corrected chi connectivity index (χ4v) is 6.07. The lowest BCUT2D eigenvalue weighted by molar-refractivity contribution is -0.137. The number of carbonyl (C=O) groups is 1. The number of halogens is 3. The summed E-state index contributed by atoms with van der Waals surface area (Å²) in [5.74, 6) is 0.775. The molecule has 2 aromatic carbocycles. The normalized spacial score (nSPS) is 16.3. The number of pyridine rings is 1. The Hall–Kier alpha value is -4.13. The van der Waals surface area contributed by atoms with Crippen LogP contribution in [0.3, 0.4) is 0 Å². The molecule has 4 aromatic rings. The van der Waals surface area contributed by atoms with Gasteiger partial charge in [0, 0.05) is 56.4 Å². The summed E-state index contributed by atoms with van der Waals surface area (Å²) in [6.07, 6.45) is -0.505. The second kappa shape index (κ2) is 13.1. The molecule has 2 aliphatic rings. The highest BCUT2D eigenvalue weighted by atomic mass is 19.4. The molecule has 2 saturated heterocycles. The standard InChI is InChI=1S/C33H36F3N5O4/c1-39-28(17-22-6-5-7-29(30(22)39)45-26-8-9-37-25(19-26)21-40-10-3-4-11-40)32(42)38-27-18-24(33(34,35)36)16-23(31(27)43-2)20-41-12-14-44-15-13-41/h5-9,16-19H,3-4,10-15,20-21H2,1-2H3,(H,38,42). The van der Waals surface area contributed by atoms with Crippen LogP contribution in [0.4, 0.5) is 18.9 Å². The Morgan fingerprint density at radius 2 is 1.76 bits per heavy atom. The third kappa shape index (κ3) is 6.92. The number of aromatic nitrogens is 2. The Kier molecular flexibility index (Phi) is 8.97. The summed E-state index contributed by atoms with van der Waals surface area (Å²) >= 11 is 0. The average molecular weight is 624 g/mol. The fraction of sp³-hybridized carbons (Fsp3) is 0.394. The van der Waals surface area contributed by atoms with E-state index in [-0.39, 0.29) is 23.7 Å². The van der Waals surface area contributed by atoms with Crippen molar-refractivity contribution >= 4 is 22.5 Å². The largest absolute Gasteiger partial charge is 0.494 e. The highest BCUT2D eigenvalue weighted by molar-refractivity contribution is 6.07. The van der Waals surface area contributed by atoms with E-state index in [1.165, 1.54) is 20.0 Å². The van der Waals surface area contributed by atoms with E-state index in [0.29, 0.717) is 48.9 Å². The number of benzene rings is 2. The number of amides is 1. The number of rotatable bonds is 9.